The van der Waals surface area contributed by atoms with Crippen molar-refractivity contribution in [2.45, 2.75) is 6.54 Å². The summed E-state index contributed by atoms with van der Waals surface area (Å²) >= 11 is 0. The molecular weight excluding hydrogens is 293 g/mol. The molecule has 0 aliphatic heterocycles. The highest BCUT2D eigenvalue weighted by Gasteiger charge is 2.15. The molecule has 0 saturated heterocycles. The number of furan rings is 1. The Balaban J connectivity index is 1.75. The maximum absolute atomic E-state index is 13.4. The van der Waals surface area contributed by atoms with Gasteiger partial charge in [0.15, 0.2) is 5.76 Å². The van der Waals surface area contributed by atoms with Gasteiger partial charge < -0.3 is 14.2 Å². The van der Waals surface area contributed by atoms with Gasteiger partial charge in [0, 0.05) is 0 Å². The van der Waals surface area contributed by atoms with E-state index >= 15 is 0 Å². The van der Waals surface area contributed by atoms with Crippen molar-refractivity contribution in [3.63, 3.8) is 0 Å². The third-order valence-electron chi connectivity index (χ3n) is 2.78. The van der Waals surface area contributed by atoms with Crippen LogP contribution < -0.4 is 11.1 Å². The Bertz CT molecular complexity index is 851. The van der Waals surface area contributed by atoms with E-state index in [-0.39, 0.29) is 17.3 Å². The first kappa shape index (κ1) is 13.8. The van der Waals surface area contributed by atoms with E-state index in [1.807, 2.05) is 0 Å². The maximum atomic E-state index is 13.4. The van der Waals surface area contributed by atoms with Gasteiger partial charge in [-0.25, -0.2) is 9.18 Å². The van der Waals surface area contributed by atoms with E-state index in [1.54, 1.807) is 18.2 Å². The number of hydrogen-bond acceptors (Lipinski definition) is 5. The molecule has 3 aromatic rings. The lowest BCUT2D eigenvalue weighted by atomic mass is 10.3. The highest BCUT2D eigenvalue weighted by atomic mass is 19.1. The molecule has 0 aliphatic carbocycles. The minimum absolute atomic E-state index is 0.0234. The number of carbonyl (C=O) groups excluding carboxylic acids is 1. The molecule has 112 valence electrons. The first-order chi connectivity index (χ1) is 10.6. The Hall–Kier alpha value is -3.16. The number of aromatic nitrogens is 2. The van der Waals surface area contributed by atoms with E-state index in [0.29, 0.717) is 0 Å². The molecule has 7 nitrogen and oxygen atoms in total. The largest absolute Gasteiger partial charge is 0.459 e. The van der Waals surface area contributed by atoms with Crippen LogP contribution in [-0.2, 0) is 11.3 Å². The molecule has 0 fully saturated rings. The van der Waals surface area contributed by atoms with Crippen LogP contribution in [0.5, 0.6) is 0 Å². The average molecular weight is 303 g/mol. The molecule has 3 rings (SSSR count). The van der Waals surface area contributed by atoms with Crippen molar-refractivity contribution in [1.82, 2.24) is 9.78 Å². The van der Waals surface area contributed by atoms with Gasteiger partial charge in [0.25, 0.3) is 5.89 Å². The predicted octanol–water partition coefficient (Wildman–Crippen LogP) is 1.87. The van der Waals surface area contributed by atoms with Gasteiger partial charge in [-0.05, 0) is 24.3 Å². The number of benzene rings is 1. The van der Waals surface area contributed by atoms with Crippen LogP contribution in [0.1, 0.15) is 0 Å². The Kier molecular flexibility index (Phi) is 3.57. The monoisotopic (exact) mass is 303 g/mol. The second-order valence-corrected chi connectivity index (χ2v) is 4.34. The van der Waals surface area contributed by atoms with Crippen LogP contribution in [0.4, 0.5) is 10.1 Å². The summed E-state index contributed by atoms with van der Waals surface area (Å²) in [7, 11) is 0. The number of amides is 1. The third-order valence-corrected chi connectivity index (χ3v) is 2.78. The Morgan fingerprint density at radius 1 is 1.27 bits per heavy atom. The number of nitrogens with zero attached hydrogens (tertiary/aromatic N) is 2. The van der Waals surface area contributed by atoms with Gasteiger partial charge in [-0.2, -0.15) is 4.68 Å². The molecule has 2 aromatic heterocycles. The van der Waals surface area contributed by atoms with Crippen molar-refractivity contribution < 1.29 is 18.0 Å². The zero-order valence-electron chi connectivity index (χ0n) is 11.2. The first-order valence-electron chi connectivity index (χ1n) is 6.29. The van der Waals surface area contributed by atoms with Crippen molar-refractivity contribution in [2.24, 2.45) is 0 Å². The maximum Gasteiger partial charge on any atom is 0.437 e. The minimum Gasteiger partial charge on any atom is -0.459 e. The highest BCUT2D eigenvalue weighted by Crippen LogP contribution is 2.15. The molecule has 0 atom stereocenters. The summed E-state index contributed by atoms with van der Waals surface area (Å²) in [5.74, 6) is -1.75. The number of rotatable bonds is 4. The van der Waals surface area contributed by atoms with Crippen LogP contribution in [0.2, 0.25) is 0 Å². The molecule has 0 radical (unpaired) electrons. The molecule has 0 spiro atoms. The van der Waals surface area contributed by atoms with Crippen molar-refractivity contribution in [2.75, 3.05) is 5.32 Å². The first-order valence-corrected chi connectivity index (χ1v) is 6.29. The summed E-state index contributed by atoms with van der Waals surface area (Å²) in [6.07, 6.45) is 1.40. The van der Waals surface area contributed by atoms with Crippen LogP contribution >= 0.6 is 0 Å². The number of nitrogens with one attached hydrogen (secondary N) is 1. The molecular formula is C14H10FN3O4. The Labute approximate surface area is 123 Å². The summed E-state index contributed by atoms with van der Waals surface area (Å²) < 4.78 is 24.2. The molecule has 0 unspecified atom stereocenters. The van der Waals surface area contributed by atoms with Crippen molar-refractivity contribution in [1.29, 1.82) is 0 Å². The Morgan fingerprint density at radius 2 is 2.09 bits per heavy atom. The van der Waals surface area contributed by atoms with Crippen LogP contribution in [-0.4, -0.2) is 15.7 Å². The van der Waals surface area contributed by atoms with Crippen molar-refractivity contribution in [3.8, 4) is 11.7 Å². The van der Waals surface area contributed by atoms with Crippen LogP contribution in [0.25, 0.3) is 11.7 Å². The second-order valence-electron chi connectivity index (χ2n) is 4.34. The fraction of sp³-hybridized carbons (Fsp3) is 0.0714. The summed E-state index contributed by atoms with van der Waals surface area (Å²) in [5.41, 5.74) is 0.0234. The zero-order chi connectivity index (χ0) is 15.5. The van der Waals surface area contributed by atoms with Crippen molar-refractivity contribution >= 4 is 11.6 Å². The van der Waals surface area contributed by atoms with E-state index < -0.39 is 24.0 Å². The van der Waals surface area contributed by atoms with Gasteiger partial charge in [-0.3, -0.25) is 4.79 Å². The smallest absolute Gasteiger partial charge is 0.437 e. The normalized spacial score (nSPS) is 10.6. The topological polar surface area (TPSA) is 90.3 Å². The van der Waals surface area contributed by atoms with Gasteiger partial charge in [-0.1, -0.05) is 12.1 Å². The van der Waals surface area contributed by atoms with Gasteiger partial charge in [-0.15, -0.1) is 5.10 Å². The lowest BCUT2D eigenvalue weighted by molar-refractivity contribution is -0.117. The van der Waals surface area contributed by atoms with E-state index in [2.05, 4.69) is 10.4 Å². The molecule has 0 aliphatic rings. The van der Waals surface area contributed by atoms with Gasteiger partial charge in [0.05, 0.1) is 12.0 Å². The molecule has 2 heterocycles. The number of anilines is 1. The van der Waals surface area contributed by atoms with Gasteiger partial charge in [0.1, 0.15) is 12.4 Å². The van der Waals surface area contributed by atoms with Gasteiger partial charge in [0.2, 0.25) is 5.91 Å². The highest BCUT2D eigenvalue weighted by molar-refractivity contribution is 5.90. The quantitative estimate of drug-likeness (QED) is 0.794. The SMILES string of the molecule is O=C(Cn1nc(-c2ccco2)oc1=O)Nc1ccccc1F. The van der Waals surface area contributed by atoms with Crippen molar-refractivity contribution in [3.05, 3.63) is 59.0 Å². The number of carbonyl (C=O) groups is 1. The van der Waals surface area contributed by atoms with E-state index in [9.17, 15) is 14.0 Å². The molecule has 1 aromatic carbocycles. The van der Waals surface area contributed by atoms with Crippen LogP contribution in [0, 0.1) is 5.82 Å². The zero-order valence-corrected chi connectivity index (χ0v) is 11.2. The predicted molar refractivity (Wildman–Crippen MR) is 73.5 cm³/mol. The molecule has 8 heteroatoms. The standard InChI is InChI=1S/C14H10FN3O4/c15-9-4-1-2-5-10(9)16-12(19)8-18-14(20)22-13(17-18)11-6-3-7-21-11/h1-7H,8H2,(H,16,19). The minimum atomic E-state index is -0.810. The Morgan fingerprint density at radius 3 is 2.82 bits per heavy atom. The van der Waals surface area contributed by atoms with Crippen LogP contribution in [0.3, 0.4) is 0 Å². The number of halogens is 1. The average Bonchev–Trinajstić information content (AvgIpc) is 3.12. The molecule has 0 bridgehead atoms. The number of hydrogen-bond donors (Lipinski definition) is 1. The lowest BCUT2D eigenvalue weighted by Crippen LogP contribution is -2.26. The van der Waals surface area contributed by atoms with E-state index in [0.717, 1.165) is 4.68 Å². The molecule has 1 amide bonds. The summed E-state index contributed by atoms with van der Waals surface area (Å²) in [4.78, 5) is 23.5. The molecule has 0 saturated carbocycles. The fourth-order valence-corrected chi connectivity index (χ4v) is 1.79. The molecule has 1 N–H and O–H groups in total. The summed E-state index contributed by atoms with van der Waals surface area (Å²) in [6.45, 7) is -0.405. The number of para-hydroxylation sites is 1. The van der Waals surface area contributed by atoms with Crippen LogP contribution in [0.15, 0.2) is 56.3 Å². The summed E-state index contributed by atoms with van der Waals surface area (Å²) in [5, 5.41) is 6.20. The summed E-state index contributed by atoms with van der Waals surface area (Å²) in [6, 6.07) is 8.88. The third kappa shape index (κ3) is 2.80. The molecule has 22 heavy (non-hydrogen) atoms. The van der Waals surface area contributed by atoms with E-state index in [4.69, 9.17) is 8.83 Å². The van der Waals surface area contributed by atoms with Gasteiger partial charge >= 0.3 is 5.76 Å². The second kappa shape index (κ2) is 5.68. The van der Waals surface area contributed by atoms with E-state index in [1.165, 1.54) is 24.5 Å². The lowest BCUT2D eigenvalue weighted by Gasteiger charge is -2.04. The fourth-order valence-electron chi connectivity index (χ4n) is 1.79.